The number of carbonyl (C=O) groups is 3. The molecule has 0 radical (unpaired) electrons. The van der Waals surface area contributed by atoms with Crippen molar-refractivity contribution in [1.82, 2.24) is 15.4 Å². The maximum Gasteiger partial charge on any atom is 0.418 e. The number of rotatable bonds is 15. The minimum Gasteiger partial charge on any atom is -0.489 e. The molecule has 0 aliphatic carbocycles. The van der Waals surface area contributed by atoms with E-state index in [1.165, 1.54) is 31.4 Å². The maximum absolute atomic E-state index is 13.1. The molecule has 44 heavy (non-hydrogen) atoms. The van der Waals surface area contributed by atoms with Crippen molar-refractivity contribution in [2.75, 3.05) is 25.4 Å². The fraction of sp³-hybridized carbons (Fsp3) is 0.391. The Balaban J connectivity index is 1.73. The molecule has 21 heteroatoms. The van der Waals surface area contributed by atoms with Crippen LogP contribution in [0.1, 0.15) is 25.1 Å². The number of amidine groups is 1. The quantitative estimate of drug-likeness (QED) is 0.0352. The summed E-state index contributed by atoms with van der Waals surface area (Å²) in [5.74, 6) is -3.07. The standard InChI is InChI=1S/C23H31N9O10S2/c1-23(2)17(20(34)32(23)42-44(37,38)39)30-19(33)16(14-10-43-22(27)29-14)31-41-15(21(35)36)9-40-13-5-3-11(4-6-13)18(26)28-12(7-24)8-25/h3-6,10,12,15,17H,7-9,24-25H2,1-2H3,(H2,26,28)(H2,27,29)(H,30,33)(H,35,36)(H,37,38,39)/b31-16-/t15-,17+/m0/s1. The van der Waals surface area contributed by atoms with E-state index in [1.807, 2.05) is 0 Å². The molecule has 1 aliphatic rings. The van der Waals surface area contributed by atoms with Gasteiger partial charge < -0.3 is 42.9 Å². The molecule has 3 rings (SSSR count). The number of carbonyl (C=O) groups excluding carboxylic acids is 2. The minimum absolute atomic E-state index is 0.0436. The number of carboxylic acid groups (broad SMARTS) is 1. The van der Waals surface area contributed by atoms with Crippen LogP contribution in [-0.2, 0) is 33.9 Å². The first-order valence-corrected chi connectivity index (χ1v) is 14.8. The molecule has 1 aliphatic heterocycles. The summed E-state index contributed by atoms with van der Waals surface area (Å²) in [7, 11) is -5.02. The van der Waals surface area contributed by atoms with E-state index in [1.54, 1.807) is 12.1 Å². The molecule has 11 N–H and O–H groups in total. The Morgan fingerprint density at radius 2 is 1.86 bits per heavy atom. The van der Waals surface area contributed by atoms with Crippen LogP contribution in [0.15, 0.2) is 39.8 Å². The van der Waals surface area contributed by atoms with Gasteiger partial charge in [0.1, 0.15) is 29.9 Å². The number of β-lactam (4-membered cyclic amide) rings is 1. The number of hydrogen-bond donors (Lipinski definition) is 7. The van der Waals surface area contributed by atoms with Gasteiger partial charge in [0.25, 0.3) is 17.9 Å². The number of hydrogen-bond acceptors (Lipinski definition) is 15. The van der Waals surface area contributed by atoms with Crippen molar-refractivity contribution in [3.63, 3.8) is 0 Å². The van der Waals surface area contributed by atoms with Gasteiger partial charge in [-0.25, -0.2) is 9.78 Å². The summed E-state index contributed by atoms with van der Waals surface area (Å²) in [5, 5.41) is 17.4. The average Bonchev–Trinajstić information content (AvgIpc) is 3.39. The van der Waals surface area contributed by atoms with E-state index in [0.29, 0.717) is 10.6 Å². The van der Waals surface area contributed by atoms with E-state index >= 15 is 0 Å². The molecule has 240 valence electrons. The lowest BCUT2D eigenvalue weighted by Crippen LogP contribution is -2.76. The molecular formula is C23H31N9O10S2. The molecule has 2 heterocycles. The first-order valence-electron chi connectivity index (χ1n) is 12.5. The van der Waals surface area contributed by atoms with Crippen LogP contribution in [0.2, 0.25) is 0 Å². The normalized spacial score (nSPS) is 17.6. The smallest absolute Gasteiger partial charge is 0.418 e. The molecule has 1 fully saturated rings. The number of aliphatic carboxylic acids is 1. The van der Waals surface area contributed by atoms with Crippen LogP contribution in [0, 0.1) is 0 Å². The Morgan fingerprint density at radius 1 is 1.23 bits per heavy atom. The van der Waals surface area contributed by atoms with Gasteiger partial charge in [0.05, 0.1) is 11.6 Å². The van der Waals surface area contributed by atoms with Gasteiger partial charge in [-0.2, -0.15) is 13.5 Å². The highest BCUT2D eigenvalue weighted by Gasteiger charge is 2.58. The lowest BCUT2D eigenvalue weighted by atomic mass is 9.84. The second kappa shape index (κ2) is 13.9. The molecule has 0 spiro atoms. The third-order valence-electron chi connectivity index (χ3n) is 6.06. The van der Waals surface area contributed by atoms with Gasteiger partial charge in [0, 0.05) is 24.0 Å². The van der Waals surface area contributed by atoms with Crippen molar-refractivity contribution in [2.45, 2.75) is 37.6 Å². The number of benzene rings is 1. The number of aromatic nitrogens is 1. The summed E-state index contributed by atoms with van der Waals surface area (Å²) in [4.78, 5) is 50.8. The fourth-order valence-corrected chi connectivity index (χ4v) is 4.65. The van der Waals surface area contributed by atoms with Crippen LogP contribution < -0.4 is 33.0 Å². The van der Waals surface area contributed by atoms with Gasteiger partial charge in [0.15, 0.2) is 10.8 Å². The van der Waals surface area contributed by atoms with Crippen LogP contribution in [0.5, 0.6) is 5.75 Å². The summed E-state index contributed by atoms with van der Waals surface area (Å²) >= 11 is 0.942. The van der Waals surface area contributed by atoms with Crippen molar-refractivity contribution in [3.8, 4) is 5.75 Å². The molecule has 0 saturated carbocycles. The average molecular weight is 658 g/mol. The number of hydroxylamine groups is 2. The summed E-state index contributed by atoms with van der Waals surface area (Å²) in [6.45, 7) is 2.59. The van der Waals surface area contributed by atoms with E-state index < -0.39 is 58.2 Å². The summed E-state index contributed by atoms with van der Waals surface area (Å²) in [6.07, 6.45) is -1.71. The van der Waals surface area contributed by atoms with Gasteiger partial charge in [-0.3, -0.25) is 19.1 Å². The number of thiazole rings is 1. The lowest BCUT2D eigenvalue weighted by Gasteiger charge is -2.50. The highest BCUT2D eigenvalue weighted by atomic mass is 32.3. The van der Waals surface area contributed by atoms with E-state index in [0.717, 1.165) is 11.3 Å². The third kappa shape index (κ3) is 8.36. The zero-order chi connectivity index (χ0) is 32.8. The van der Waals surface area contributed by atoms with Crippen molar-refractivity contribution < 1.29 is 46.3 Å². The highest BCUT2D eigenvalue weighted by molar-refractivity contribution is 7.80. The highest BCUT2D eigenvalue weighted by Crippen LogP contribution is 2.33. The Labute approximate surface area is 254 Å². The number of ether oxygens (including phenoxy) is 1. The number of nitrogen functional groups attached to an aromatic ring is 1. The molecule has 1 saturated heterocycles. The second-order valence-electron chi connectivity index (χ2n) is 9.61. The first kappa shape index (κ1) is 34.1. The van der Waals surface area contributed by atoms with E-state index in [2.05, 4.69) is 24.7 Å². The molecule has 0 bridgehead atoms. The van der Waals surface area contributed by atoms with Crippen LogP contribution >= 0.6 is 11.3 Å². The predicted molar refractivity (Wildman–Crippen MR) is 156 cm³/mol. The molecule has 0 unspecified atom stereocenters. The van der Waals surface area contributed by atoms with Crippen LogP contribution in [0.3, 0.4) is 0 Å². The van der Waals surface area contributed by atoms with E-state index in [9.17, 15) is 27.9 Å². The fourth-order valence-electron chi connectivity index (χ4n) is 3.65. The molecule has 2 amide bonds. The zero-order valence-corrected chi connectivity index (χ0v) is 24.9. The maximum atomic E-state index is 13.1. The summed E-state index contributed by atoms with van der Waals surface area (Å²) in [5.41, 5.74) is 21.3. The van der Waals surface area contributed by atoms with Gasteiger partial charge in [-0.1, -0.05) is 5.16 Å². The molecule has 2 aromatic rings. The molecule has 19 nitrogen and oxygen atoms in total. The minimum atomic E-state index is -5.02. The molecule has 1 aromatic carbocycles. The van der Waals surface area contributed by atoms with E-state index in [-0.39, 0.29) is 41.5 Å². The lowest BCUT2D eigenvalue weighted by molar-refractivity contribution is -0.218. The number of nitrogens with one attached hydrogen (secondary N) is 1. The van der Waals surface area contributed by atoms with Gasteiger partial charge >= 0.3 is 16.4 Å². The number of amides is 2. The Hall–Kier alpha value is -4.41. The number of carboxylic acids is 1. The van der Waals surface area contributed by atoms with Gasteiger partial charge in [-0.05, 0) is 38.1 Å². The van der Waals surface area contributed by atoms with E-state index in [4.69, 9.17) is 37.1 Å². The summed E-state index contributed by atoms with van der Waals surface area (Å²) < 4.78 is 40.8. The van der Waals surface area contributed by atoms with Gasteiger partial charge in [-0.15, -0.1) is 15.6 Å². The summed E-state index contributed by atoms with van der Waals surface area (Å²) in [6, 6.07) is 4.53. The topological polar surface area (TPSA) is 310 Å². The van der Waals surface area contributed by atoms with Crippen molar-refractivity contribution >= 4 is 56.2 Å². The predicted octanol–water partition coefficient (Wildman–Crippen LogP) is -2.19. The third-order valence-corrected chi connectivity index (χ3v) is 7.08. The van der Waals surface area contributed by atoms with Crippen LogP contribution in [-0.4, -0.2) is 101 Å². The SMILES string of the molecule is CC1(C)[C@H](NC(=O)/C(=N\O[C@@H](COc2ccc(C(N)=NC(CN)CN)cc2)C(=O)O)c2csc(N)n2)C(=O)N1OS(=O)(=O)O. The Kier molecular flexibility index (Phi) is 10.8. The Bertz CT molecular complexity index is 1540. The number of nitrogens with zero attached hydrogens (tertiary/aromatic N) is 4. The number of anilines is 1. The molecule has 2 atom stereocenters. The van der Waals surface area contributed by atoms with Crippen molar-refractivity contribution in [2.24, 2.45) is 27.3 Å². The van der Waals surface area contributed by atoms with Crippen molar-refractivity contribution in [1.29, 1.82) is 0 Å². The van der Waals surface area contributed by atoms with Crippen molar-refractivity contribution in [3.05, 3.63) is 40.9 Å². The molecule has 1 aromatic heterocycles. The first-order chi connectivity index (χ1) is 20.6. The largest absolute Gasteiger partial charge is 0.489 e. The zero-order valence-electron chi connectivity index (χ0n) is 23.3. The monoisotopic (exact) mass is 657 g/mol. The van der Waals surface area contributed by atoms with Crippen LogP contribution in [0.25, 0.3) is 0 Å². The van der Waals surface area contributed by atoms with Gasteiger partial charge in [0.2, 0.25) is 0 Å². The second-order valence-corrected chi connectivity index (χ2v) is 11.5. The molecular weight excluding hydrogens is 626 g/mol. The number of oxime groups is 1. The number of nitrogens with two attached hydrogens (primary N) is 4. The number of aliphatic imine (C=N–C) groups is 1. The Morgan fingerprint density at radius 3 is 2.36 bits per heavy atom. The van der Waals surface area contributed by atoms with Crippen LogP contribution in [0.4, 0.5) is 5.13 Å².